The number of ether oxygens (including phenoxy) is 1. The quantitative estimate of drug-likeness (QED) is 0.923. The summed E-state index contributed by atoms with van der Waals surface area (Å²) >= 11 is 6.01. The molecule has 4 heteroatoms. The smallest absolute Gasteiger partial charge is 0.255 e. The average molecular weight is 316 g/mol. The number of amides is 1. The molecule has 0 saturated carbocycles. The van der Waals surface area contributed by atoms with Crippen LogP contribution in [0.5, 0.6) is 5.75 Å². The van der Waals surface area contributed by atoms with Crippen molar-refractivity contribution >= 4 is 17.5 Å². The highest BCUT2D eigenvalue weighted by Gasteiger charge is 2.23. The number of hydrogen-bond donors (Lipinski definition) is 1. The molecule has 3 nitrogen and oxygen atoms in total. The van der Waals surface area contributed by atoms with Gasteiger partial charge in [-0.25, -0.2) is 0 Å². The fourth-order valence-electron chi connectivity index (χ4n) is 3.00. The van der Waals surface area contributed by atoms with Gasteiger partial charge in [-0.3, -0.25) is 4.79 Å². The molecule has 0 spiro atoms. The van der Waals surface area contributed by atoms with E-state index in [1.165, 1.54) is 11.1 Å². The van der Waals surface area contributed by atoms with Gasteiger partial charge in [0.15, 0.2) is 0 Å². The lowest BCUT2D eigenvalue weighted by Crippen LogP contribution is -2.31. The van der Waals surface area contributed by atoms with Crippen molar-refractivity contribution in [3.63, 3.8) is 0 Å². The summed E-state index contributed by atoms with van der Waals surface area (Å²) in [7, 11) is 1.55. The van der Waals surface area contributed by atoms with Crippen molar-refractivity contribution in [2.24, 2.45) is 0 Å². The van der Waals surface area contributed by atoms with Gasteiger partial charge in [0.25, 0.3) is 5.91 Å². The zero-order chi connectivity index (χ0) is 15.5. The largest absolute Gasteiger partial charge is 0.496 e. The minimum atomic E-state index is -0.152. The molecule has 0 radical (unpaired) electrons. The van der Waals surface area contributed by atoms with Crippen LogP contribution in [0.1, 0.15) is 40.4 Å². The Morgan fingerprint density at radius 2 is 2.09 bits per heavy atom. The van der Waals surface area contributed by atoms with Crippen LogP contribution in [-0.4, -0.2) is 13.0 Å². The van der Waals surface area contributed by atoms with Gasteiger partial charge in [-0.2, -0.15) is 0 Å². The van der Waals surface area contributed by atoms with Gasteiger partial charge in [-0.05, 0) is 48.6 Å². The number of rotatable bonds is 3. The minimum Gasteiger partial charge on any atom is -0.496 e. The third kappa shape index (κ3) is 2.95. The Kier molecular flexibility index (Phi) is 4.34. The van der Waals surface area contributed by atoms with E-state index in [4.69, 9.17) is 16.3 Å². The minimum absolute atomic E-state index is 0.0427. The maximum atomic E-state index is 12.6. The molecule has 1 aliphatic rings. The summed E-state index contributed by atoms with van der Waals surface area (Å²) in [5.74, 6) is 0.382. The van der Waals surface area contributed by atoms with E-state index in [0.29, 0.717) is 16.3 Å². The van der Waals surface area contributed by atoms with Crippen molar-refractivity contribution in [2.45, 2.75) is 25.3 Å². The van der Waals surface area contributed by atoms with Crippen LogP contribution >= 0.6 is 11.6 Å². The van der Waals surface area contributed by atoms with Gasteiger partial charge in [0, 0.05) is 5.02 Å². The fourth-order valence-corrected chi connectivity index (χ4v) is 3.17. The molecule has 114 valence electrons. The number of fused-ring (bicyclic) bond motifs is 1. The van der Waals surface area contributed by atoms with Gasteiger partial charge in [-0.15, -0.1) is 0 Å². The van der Waals surface area contributed by atoms with Crippen LogP contribution in [0, 0.1) is 0 Å². The Bertz CT molecular complexity index is 699. The molecule has 0 aliphatic heterocycles. The second kappa shape index (κ2) is 6.41. The number of benzene rings is 2. The molecular weight excluding hydrogens is 298 g/mol. The Balaban J connectivity index is 1.85. The van der Waals surface area contributed by atoms with Crippen LogP contribution in [0.15, 0.2) is 42.5 Å². The second-order valence-electron chi connectivity index (χ2n) is 5.46. The van der Waals surface area contributed by atoms with Crippen molar-refractivity contribution in [3.05, 3.63) is 64.2 Å². The predicted octanol–water partition coefficient (Wildman–Crippen LogP) is 4.16. The molecule has 0 heterocycles. The maximum absolute atomic E-state index is 12.6. The molecular formula is C18H18ClNO2. The molecule has 1 atom stereocenters. The van der Waals surface area contributed by atoms with E-state index in [1.54, 1.807) is 25.3 Å². The number of nitrogens with one attached hydrogen (secondary N) is 1. The van der Waals surface area contributed by atoms with Crippen LogP contribution in [0.4, 0.5) is 0 Å². The van der Waals surface area contributed by atoms with Gasteiger partial charge < -0.3 is 10.1 Å². The lowest BCUT2D eigenvalue weighted by molar-refractivity contribution is 0.0929. The van der Waals surface area contributed by atoms with E-state index in [0.717, 1.165) is 19.3 Å². The molecule has 3 rings (SSSR count). The van der Waals surface area contributed by atoms with E-state index in [-0.39, 0.29) is 11.9 Å². The summed E-state index contributed by atoms with van der Waals surface area (Å²) in [6.45, 7) is 0. The standard InChI is InChI=1S/C18H18ClNO2/c1-22-17-10-9-13(19)11-15(17)18(21)20-16-8-4-6-12-5-2-3-7-14(12)16/h2-3,5,7,9-11,16H,4,6,8H2,1H3,(H,20,21)/t16-/m0/s1. The van der Waals surface area contributed by atoms with E-state index >= 15 is 0 Å². The number of hydrogen-bond acceptors (Lipinski definition) is 2. The normalized spacial score (nSPS) is 16.7. The fraction of sp³-hybridized carbons (Fsp3) is 0.278. The molecule has 0 fully saturated rings. The molecule has 22 heavy (non-hydrogen) atoms. The molecule has 2 aromatic carbocycles. The number of carbonyl (C=O) groups excluding carboxylic acids is 1. The van der Waals surface area contributed by atoms with Crippen molar-refractivity contribution < 1.29 is 9.53 Å². The first kappa shape index (κ1) is 14.9. The first-order chi connectivity index (χ1) is 10.7. The second-order valence-corrected chi connectivity index (χ2v) is 5.90. The average Bonchev–Trinajstić information content (AvgIpc) is 2.55. The highest BCUT2D eigenvalue weighted by Crippen LogP contribution is 2.30. The summed E-state index contributed by atoms with van der Waals surface area (Å²) in [6.07, 6.45) is 3.10. The van der Waals surface area contributed by atoms with Crippen LogP contribution < -0.4 is 10.1 Å². The number of carbonyl (C=O) groups is 1. The Hall–Kier alpha value is -2.00. The molecule has 1 N–H and O–H groups in total. The van der Waals surface area contributed by atoms with Crippen LogP contribution in [0.25, 0.3) is 0 Å². The van der Waals surface area contributed by atoms with E-state index in [1.807, 2.05) is 12.1 Å². The van der Waals surface area contributed by atoms with Crippen molar-refractivity contribution in [3.8, 4) is 5.75 Å². The highest BCUT2D eigenvalue weighted by molar-refractivity contribution is 6.31. The first-order valence-corrected chi connectivity index (χ1v) is 7.79. The van der Waals surface area contributed by atoms with Gasteiger partial charge in [0.2, 0.25) is 0 Å². The SMILES string of the molecule is COc1ccc(Cl)cc1C(=O)N[C@H]1CCCc2ccccc21. The van der Waals surface area contributed by atoms with E-state index in [9.17, 15) is 4.79 Å². The van der Waals surface area contributed by atoms with Gasteiger partial charge in [0.1, 0.15) is 5.75 Å². The summed E-state index contributed by atoms with van der Waals surface area (Å²) in [6, 6.07) is 13.4. The van der Waals surface area contributed by atoms with E-state index in [2.05, 4.69) is 17.4 Å². The third-order valence-electron chi connectivity index (χ3n) is 4.08. The van der Waals surface area contributed by atoms with Crippen LogP contribution in [0.2, 0.25) is 5.02 Å². The van der Waals surface area contributed by atoms with Crippen molar-refractivity contribution in [2.75, 3.05) is 7.11 Å². The van der Waals surface area contributed by atoms with Gasteiger partial charge >= 0.3 is 0 Å². The summed E-state index contributed by atoms with van der Waals surface area (Å²) in [5.41, 5.74) is 3.00. The summed E-state index contributed by atoms with van der Waals surface area (Å²) in [4.78, 5) is 12.6. The maximum Gasteiger partial charge on any atom is 0.255 e. The number of halogens is 1. The van der Waals surface area contributed by atoms with Gasteiger partial charge in [-0.1, -0.05) is 35.9 Å². The molecule has 0 unspecified atom stereocenters. The van der Waals surface area contributed by atoms with Gasteiger partial charge in [0.05, 0.1) is 18.7 Å². The third-order valence-corrected chi connectivity index (χ3v) is 4.32. The molecule has 2 aromatic rings. The first-order valence-electron chi connectivity index (χ1n) is 7.41. The Labute approximate surface area is 135 Å². The lowest BCUT2D eigenvalue weighted by atomic mass is 9.87. The zero-order valence-electron chi connectivity index (χ0n) is 12.4. The van der Waals surface area contributed by atoms with Crippen LogP contribution in [-0.2, 0) is 6.42 Å². The predicted molar refractivity (Wildman–Crippen MR) is 87.6 cm³/mol. The molecule has 1 amide bonds. The molecule has 1 aliphatic carbocycles. The number of aryl methyl sites for hydroxylation is 1. The Morgan fingerprint density at radius 3 is 2.91 bits per heavy atom. The zero-order valence-corrected chi connectivity index (χ0v) is 13.2. The molecule has 0 aromatic heterocycles. The lowest BCUT2D eigenvalue weighted by Gasteiger charge is -2.26. The van der Waals surface area contributed by atoms with Crippen LogP contribution in [0.3, 0.4) is 0 Å². The summed E-state index contributed by atoms with van der Waals surface area (Å²) < 4.78 is 5.26. The Morgan fingerprint density at radius 1 is 1.27 bits per heavy atom. The van der Waals surface area contributed by atoms with E-state index < -0.39 is 0 Å². The topological polar surface area (TPSA) is 38.3 Å². The number of methoxy groups -OCH3 is 1. The highest BCUT2D eigenvalue weighted by atomic mass is 35.5. The van der Waals surface area contributed by atoms with Crippen molar-refractivity contribution in [1.82, 2.24) is 5.32 Å². The molecule has 0 bridgehead atoms. The monoisotopic (exact) mass is 315 g/mol. The molecule has 0 saturated heterocycles. The summed E-state index contributed by atoms with van der Waals surface area (Å²) in [5, 5.41) is 3.64. The van der Waals surface area contributed by atoms with Crippen molar-refractivity contribution in [1.29, 1.82) is 0 Å².